The van der Waals surface area contributed by atoms with Gasteiger partial charge in [-0.25, -0.2) is 0 Å². The van der Waals surface area contributed by atoms with E-state index in [1.54, 1.807) is 11.9 Å². The molecule has 2 amide bonds. The minimum absolute atomic E-state index is 0. The fourth-order valence-electron chi connectivity index (χ4n) is 2.77. The van der Waals surface area contributed by atoms with Crippen LogP contribution in [0.4, 0.5) is 0 Å². The molecule has 1 unspecified atom stereocenters. The number of nitrogens with zero attached hydrogens (tertiary/aromatic N) is 1. The molecular formula is C12H22ClN3O2. The molecule has 104 valence electrons. The van der Waals surface area contributed by atoms with E-state index in [4.69, 9.17) is 0 Å². The Hall–Kier alpha value is -0.810. The Balaban J connectivity index is 0.00000162. The van der Waals surface area contributed by atoms with Crippen LogP contribution in [0, 0.1) is 5.92 Å². The minimum Gasteiger partial charge on any atom is -0.357 e. The molecule has 2 heterocycles. The van der Waals surface area contributed by atoms with Gasteiger partial charge in [0.15, 0.2) is 0 Å². The number of hydrogen-bond acceptors (Lipinski definition) is 3. The molecule has 2 fully saturated rings. The Morgan fingerprint density at radius 2 is 2.06 bits per heavy atom. The number of carbonyl (C=O) groups is 2. The normalized spacial score (nSPS) is 27.5. The van der Waals surface area contributed by atoms with Crippen LogP contribution >= 0.6 is 12.4 Å². The number of halogens is 1. The first kappa shape index (κ1) is 15.2. The molecule has 18 heavy (non-hydrogen) atoms. The molecule has 2 N–H and O–H groups in total. The summed E-state index contributed by atoms with van der Waals surface area (Å²) in [5, 5.41) is 5.90. The smallest absolute Gasteiger partial charge is 0.242 e. The van der Waals surface area contributed by atoms with Gasteiger partial charge in [-0.05, 0) is 32.2 Å². The quantitative estimate of drug-likeness (QED) is 0.754. The molecule has 0 radical (unpaired) electrons. The van der Waals surface area contributed by atoms with Crippen molar-refractivity contribution in [3.05, 3.63) is 0 Å². The number of amides is 2. The van der Waals surface area contributed by atoms with E-state index < -0.39 is 0 Å². The average molecular weight is 276 g/mol. The number of likely N-dealkylation sites (N-methyl/N-ethyl adjacent to an activating group) is 1. The maximum absolute atomic E-state index is 12.3. The van der Waals surface area contributed by atoms with E-state index in [-0.39, 0.29) is 36.2 Å². The van der Waals surface area contributed by atoms with Gasteiger partial charge in [-0.15, -0.1) is 12.4 Å². The van der Waals surface area contributed by atoms with Gasteiger partial charge >= 0.3 is 0 Å². The van der Waals surface area contributed by atoms with E-state index >= 15 is 0 Å². The standard InChI is InChI=1S/C12H21N3O2.ClH/c1-13-11(16)10-5-3-7-15(10)12(17)9-4-2-6-14-8-9;/h9-10,14H,2-8H2,1H3,(H,13,16);1H/t9-,10?;/m1./s1. The summed E-state index contributed by atoms with van der Waals surface area (Å²) in [4.78, 5) is 25.8. The molecule has 0 aromatic rings. The van der Waals surface area contributed by atoms with Gasteiger partial charge in [0.25, 0.3) is 0 Å². The minimum atomic E-state index is -0.241. The van der Waals surface area contributed by atoms with Gasteiger partial charge in [-0.2, -0.15) is 0 Å². The van der Waals surface area contributed by atoms with Gasteiger partial charge in [0.05, 0.1) is 5.92 Å². The van der Waals surface area contributed by atoms with Crippen LogP contribution in [-0.2, 0) is 9.59 Å². The Bertz CT molecular complexity index is 306. The second kappa shape index (κ2) is 6.95. The molecule has 0 aliphatic carbocycles. The van der Waals surface area contributed by atoms with Gasteiger partial charge in [-0.3, -0.25) is 9.59 Å². The van der Waals surface area contributed by atoms with Crippen LogP contribution in [0.15, 0.2) is 0 Å². The van der Waals surface area contributed by atoms with Gasteiger partial charge in [-0.1, -0.05) is 0 Å². The predicted octanol–water partition coefficient (Wildman–Crippen LogP) is 0.145. The molecule has 2 atom stereocenters. The van der Waals surface area contributed by atoms with Gasteiger partial charge in [0.2, 0.25) is 11.8 Å². The molecule has 6 heteroatoms. The first-order valence-electron chi connectivity index (χ1n) is 6.47. The molecule has 0 aromatic carbocycles. The van der Waals surface area contributed by atoms with E-state index in [0.717, 1.165) is 45.3 Å². The van der Waals surface area contributed by atoms with E-state index in [1.807, 2.05) is 0 Å². The summed E-state index contributed by atoms with van der Waals surface area (Å²) in [5.74, 6) is 0.192. The second-order valence-corrected chi connectivity index (χ2v) is 4.85. The summed E-state index contributed by atoms with van der Waals surface area (Å²) >= 11 is 0. The molecule has 2 rings (SSSR count). The maximum Gasteiger partial charge on any atom is 0.242 e. The third-order valence-corrected chi connectivity index (χ3v) is 3.73. The highest BCUT2D eigenvalue weighted by atomic mass is 35.5. The van der Waals surface area contributed by atoms with Crippen molar-refractivity contribution in [3.8, 4) is 0 Å². The topological polar surface area (TPSA) is 61.4 Å². The lowest BCUT2D eigenvalue weighted by Gasteiger charge is -2.30. The first-order valence-corrected chi connectivity index (χ1v) is 6.47. The highest BCUT2D eigenvalue weighted by Gasteiger charge is 2.36. The van der Waals surface area contributed by atoms with Crippen molar-refractivity contribution in [1.82, 2.24) is 15.5 Å². The van der Waals surface area contributed by atoms with Crippen LogP contribution in [0.25, 0.3) is 0 Å². The van der Waals surface area contributed by atoms with Crippen LogP contribution in [0.5, 0.6) is 0 Å². The lowest BCUT2D eigenvalue weighted by molar-refractivity contribution is -0.141. The number of carbonyl (C=O) groups excluding carboxylic acids is 2. The lowest BCUT2D eigenvalue weighted by atomic mass is 9.97. The van der Waals surface area contributed by atoms with Crippen molar-refractivity contribution in [2.45, 2.75) is 31.7 Å². The molecule has 2 aliphatic heterocycles. The molecule has 0 saturated carbocycles. The van der Waals surface area contributed by atoms with Crippen LogP contribution in [-0.4, -0.2) is 49.4 Å². The number of likely N-dealkylation sites (tertiary alicyclic amines) is 1. The second-order valence-electron chi connectivity index (χ2n) is 4.85. The zero-order chi connectivity index (χ0) is 12.3. The molecule has 0 bridgehead atoms. The van der Waals surface area contributed by atoms with Gasteiger partial charge in [0.1, 0.15) is 6.04 Å². The fraction of sp³-hybridized carbons (Fsp3) is 0.833. The SMILES string of the molecule is CNC(=O)C1CCCN1C(=O)[C@@H]1CCCNC1.Cl. The van der Waals surface area contributed by atoms with Crippen molar-refractivity contribution < 1.29 is 9.59 Å². The van der Waals surface area contributed by atoms with Gasteiger partial charge in [0, 0.05) is 20.1 Å². The highest BCUT2D eigenvalue weighted by molar-refractivity contribution is 5.89. The fourth-order valence-corrected chi connectivity index (χ4v) is 2.77. The summed E-state index contributed by atoms with van der Waals surface area (Å²) in [6, 6.07) is -0.241. The molecule has 0 spiro atoms. The molecule has 2 saturated heterocycles. The molecule has 0 aromatic heterocycles. The largest absolute Gasteiger partial charge is 0.357 e. The summed E-state index contributed by atoms with van der Waals surface area (Å²) in [7, 11) is 1.63. The summed E-state index contributed by atoms with van der Waals surface area (Å²) in [6.07, 6.45) is 3.73. The lowest BCUT2D eigenvalue weighted by Crippen LogP contribution is -2.49. The highest BCUT2D eigenvalue weighted by Crippen LogP contribution is 2.22. The molecule has 2 aliphatic rings. The van der Waals surface area contributed by atoms with Gasteiger partial charge < -0.3 is 15.5 Å². The Morgan fingerprint density at radius 1 is 1.28 bits per heavy atom. The third kappa shape index (κ3) is 3.14. The van der Waals surface area contributed by atoms with Crippen LogP contribution in [0.3, 0.4) is 0 Å². The zero-order valence-corrected chi connectivity index (χ0v) is 11.6. The van der Waals surface area contributed by atoms with Crippen molar-refractivity contribution >= 4 is 24.2 Å². The summed E-state index contributed by atoms with van der Waals surface area (Å²) in [6.45, 7) is 2.49. The zero-order valence-electron chi connectivity index (χ0n) is 10.8. The van der Waals surface area contributed by atoms with E-state index in [1.165, 1.54) is 0 Å². The van der Waals surface area contributed by atoms with Crippen molar-refractivity contribution in [2.75, 3.05) is 26.7 Å². The van der Waals surface area contributed by atoms with Crippen molar-refractivity contribution in [3.63, 3.8) is 0 Å². The Kier molecular flexibility index (Phi) is 5.88. The van der Waals surface area contributed by atoms with Crippen LogP contribution in [0.1, 0.15) is 25.7 Å². The van der Waals surface area contributed by atoms with Crippen LogP contribution < -0.4 is 10.6 Å². The van der Waals surface area contributed by atoms with Crippen LogP contribution in [0.2, 0.25) is 0 Å². The average Bonchev–Trinajstić information content (AvgIpc) is 2.87. The monoisotopic (exact) mass is 275 g/mol. The number of hydrogen-bond donors (Lipinski definition) is 2. The predicted molar refractivity (Wildman–Crippen MR) is 71.6 cm³/mol. The summed E-state index contributed by atoms with van der Waals surface area (Å²) in [5.41, 5.74) is 0. The Morgan fingerprint density at radius 3 is 2.67 bits per heavy atom. The number of rotatable bonds is 2. The molecule has 5 nitrogen and oxygen atoms in total. The first-order chi connectivity index (χ1) is 8.24. The Labute approximate surface area is 114 Å². The molecular weight excluding hydrogens is 254 g/mol. The summed E-state index contributed by atoms with van der Waals surface area (Å²) < 4.78 is 0. The van der Waals surface area contributed by atoms with E-state index in [0.29, 0.717) is 0 Å². The van der Waals surface area contributed by atoms with Crippen molar-refractivity contribution in [2.24, 2.45) is 5.92 Å². The van der Waals surface area contributed by atoms with E-state index in [2.05, 4.69) is 10.6 Å². The van der Waals surface area contributed by atoms with Crippen molar-refractivity contribution in [1.29, 1.82) is 0 Å². The number of piperidine rings is 1. The number of nitrogens with one attached hydrogen (secondary N) is 2. The maximum atomic E-state index is 12.3. The third-order valence-electron chi connectivity index (χ3n) is 3.73. The van der Waals surface area contributed by atoms with E-state index in [9.17, 15) is 9.59 Å².